The first-order valence-corrected chi connectivity index (χ1v) is 15.3. The number of aliphatic hydroxyl groups is 3. The second kappa shape index (κ2) is 7.77. The summed E-state index contributed by atoms with van der Waals surface area (Å²) in [6.45, 7) is 16.6. The molecule has 6 nitrogen and oxygen atoms in total. The zero-order valence-corrected chi connectivity index (χ0v) is 25.0. The van der Waals surface area contributed by atoms with Crippen molar-refractivity contribution >= 4 is 5.97 Å². The van der Waals surface area contributed by atoms with E-state index in [-0.39, 0.29) is 57.1 Å². The van der Waals surface area contributed by atoms with Crippen LogP contribution in [-0.4, -0.2) is 56.9 Å². The molecule has 0 radical (unpaired) electrons. The highest BCUT2D eigenvalue weighted by Gasteiger charge is 2.85. The molecule has 0 aromatic carbocycles. The number of carbonyl (C=O) groups is 1. The molecule has 3 N–H and O–H groups in total. The van der Waals surface area contributed by atoms with Crippen molar-refractivity contribution in [1.29, 1.82) is 0 Å². The van der Waals surface area contributed by atoms with Crippen LogP contribution in [0.2, 0.25) is 0 Å². The van der Waals surface area contributed by atoms with Gasteiger partial charge < -0.3 is 24.8 Å². The Labute approximate surface area is 229 Å². The summed E-state index contributed by atoms with van der Waals surface area (Å²) in [4.78, 5) is 11.9. The lowest BCUT2D eigenvalue weighted by Crippen LogP contribution is -2.62. The van der Waals surface area contributed by atoms with Gasteiger partial charge in [-0.3, -0.25) is 4.79 Å². The van der Waals surface area contributed by atoms with Gasteiger partial charge in [0.1, 0.15) is 6.10 Å². The summed E-state index contributed by atoms with van der Waals surface area (Å²) in [5, 5.41) is 34.4. The minimum absolute atomic E-state index is 0.00501. The zero-order chi connectivity index (χ0) is 27.9. The molecule has 0 aromatic heterocycles. The molecule has 6 heteroatoms. The molecule has 0 amide bonds. The Hall–Kier alpha value is -0.690. The molecule has 1 aliphatic heterocycles. The molecule has 1 heterocycles. The Kier molecular flexibility index (Phi) is 5.62. The van der Waals surface area contributed by atoms with E-state index in [1.54, 1.807) is 0 Å². The average Bonchev–Trinajstić information content (AvgIpc) is 3.12. The lowest BCUT2D eigenvalue weighted by atomic mass is 9.41. The van der Waals surface area contributed by atoms with Crippen molar-refractivity contribution < 1.29 is 29.6 Å². The van der Waals surface area contributed by atoms with Gasteiger partial charge in [0.15, 0.2) is 0 Å². The monoisotopic (exact) mass is 532 g/mol. The summed E-state index contributed by atoms with van der Waals surface area (Å²) in [5.41, 5.74) is -1.54. The summed E-state index contributed by atoms with van der Waals surface area (Å²) in [6.07, 6.45) is 7.16. The van der Waals surface area contributed by atoms with E-state index < -0.39 is 23.4 Å². The molecular weight excluding hydrogens is 480 g/mol. The number of rotatable bonds is 3. The van der Waals surface area contributed by atoms with E-state index in [0.717, 1.165) is 57.8 Å². The minimum atomic E-state index is -0.900. The molecule has 6 aliphatic rings. The third-order valence-electron chi connectivity index (χ3n) is 14.0. The Morgan fingerprint density at radius 3 is 2.18 bits per heavy atom. The van der Waals surface area contributed by atoms with E-state index in [9.17, 15) is 20.1 Å². The molecule has 0 unspecified atom stereocenters. The molecule has 12 atom stereocenters. The summed E-state index contributed by atoms with van der Waals surface area (Å²) >= 11 is 0. The van der Waals surface area contributed by atoms with Gasteiger partial charge in [-0.1, -0.05) is 27.7 Å². The predicted molar refractivity (Wildman–Crippen MR) is 144 cm³/mol. The summed E-state index contributed by atoms with van der Waals surface area (Å²) in [5.74, 6) is 0.262. The largest absolute Gasteiger partial charge is 0.462 e. The van der Waals surface area contributed by atoms with Gasteiger partial charge in [0.2, 0.25) is 0 Å². The normalized spacial score (nSPS) is 56.9. The summed E-state index contributed by atoms with van der Waals surface area (Å²) in [6, 6.07) is 0. The first kappa shape index (κ1) is 27.5. The summed E-state index contributed by atoms with van der Waals surface area (Å²) in [7, 11) is 0. The average molecular weight is 533 g/mol. The predicted octanol–water partition coefficient (Wildman–Crippen LogP) is 5.01. The SMILES string of the molecule is CC(=O)O[C@H]1CC[C@]23C[C@]24CC[C@]2(C)[C@@H]([C@@]5(C)CC[C@@H](C(C)(C)O)O5)[C@@H](O)C[C@@]2(C)[C@@H]4C[C@H](O)[C@H]3C1(C)C. The van der Waals surface area contributed by atoms with Gasteiger partial charge in [0.05, 0.1) is 29.5 Å². The van der Waals surface area contributed by atoms with Gasteiger partial charge >= 0.3 is 5.97 Å². The second-order valence-corrected chi connectivity index (χ2v) is 16.5. The Balaban J connectivity index is 1.34. The second-order valence-electron chi connectivity index (χ2n) is 16.5. The van der Waals surface area contributed by atoms with Crippen LogP contribution in [0, 0.1) is 44.8 Å². The summed E-state index contributed by atoms with van der Waals surface area (Å²) < 4.78 is 12.5. The van der Waals surface area contributed by atoms with E-state index in [1.807, 2.05) is 13.8 Å². The van der Waals surface area contributed by atoms with E-state index in [1.165, 1.54) is 6.92 Å². The molecule has 6 fully saturated rings. The molecule has 38 heavy (non-hydrogen) atoms. The van der Waals surface area contributed by atoms with Gasteiger partial charge in [0, 0.05) is 18.3 Å². The molecule has 2 spiro atoms. The number of hydrogen-bond acceptors (Lipinski definition) is 6. The maximum atomic E-state index is 11.9. The lowest BCUT2D eigenvalue weighted by molar-refractivity contribution is -0.217. The zero-order valence-electron chi connectivity index (χ0n) is 25.0. The van der Waals surface area contributed by atoms with Crippen molar-refractivity contribution in [3.63, 3.8) is 0 Å². The van der Waals surface area contributed by atoms with Crippen molar-refractivity contribution in [3.05, 3.63) is 0 Å². The van der Waals surface area contributed by atoms with Crippen molar-refractivity contribution in [1.82, 2.24) is 0 Å². The number of aliphatic hydroxyl groups excluding tert-OH is 2. The highest BCUT2D eigenvalue weighted by atomic mass is 16.5. The van der Waals surface area contributed by atoms with Gasteiger partial charge in [-0.25, -0.2) is 0 Å². The fourth-order valence-electron chi connectivity index (χ4n) is 12.5. The number of carbonyl (C=O) groups excluding carboxylic acids is 1. The molecule has 1 saturated heterocycles. The van der Waals surface area contributed by atoms with Crippen LogP contribution in [-0.2, 0) is 14.3 Å². The first-order chi connectivity index (χ1) is 17.4. The van der Waals surface area contributed by atoms with E-state index >= 15 is 0 Å². The van der Waals surface area contributed by atoms with Crippen LogP contribution in [0.5, 0.6) is 0 Å². The third-order valence-corrected chi connectivity index (χ3v) is 14.0. The maximum absolute atomic E-state index is 11.9. The molecule has 5 aliphatic carbocycles. The van der Waals surface area contributed by atoms with Crippen LogP contribution in [0.15, 0.2) is 0 Å². The molecule has 0 bridgehead atoms. The van der Waals surface area contributed by atoms with Crippen LogP contribution in [0.25, 0.3) is 0 Å². The molecule has 6 rings (SSSR count). The number of ether oxygens (including phenoxy) is 2. The highest BCUT2D eigenvalue weighted by molar-refractivity contribution is 5.66. The quantitative estimate of drug-likeness (QED) is 0.443. The maximum Gasteiger partial charge on any atom is 0.302 e. The van der Waals surface area contributed by atoms with Crippen LogP contribution in [0.4, 0.5) is 0 Å². The van der Waals surface area contributed by atoms with E-state index in [2.05, 4.69) is 34.6 Å². The van der Waals surface area contributed by atoms with Crippen molar-refractivity contribution in [3.8, 4) is 0 Å². The Morgan fingerprint density at radius 1 is 0.895 bits per heavy atom. The van der Waals surface area contributed by atoms with Gasteiger partial charge in [-0.05, 0) is 112 Å². The number of esters is 1. The highest BCUT2D eigenvalue weighted by Crippen LogP contribution is 2.89. The topological polar surface area (TPSA) is 96.2 Å². The fraction of sp³-hybridized carbons (Fsp3) is 0.969. The molecule has 5 saturated carbocycles. The number of hydrogen-bond donors (Lipinski definition) is 3. The van der Waals surface area contributed by atoms with Gasteiger partial charge in [-0.15, -0.1) is 0 Å². The lowest BCUT2D eigenvalue weighted by Gasteiger charge is -2.64. The van der Waals surface area contributed by atoms with Gasteiger partial charge in [-0.2, -0.15) is 0 Å². The Morgan fingerprint density at radius 2 is 1.58 bits per heavy atom. The minimum Gasteiger partial charge on any atom is -0.462 e. The van der Waals surface area contributed by atoms with Crippen LogP contribution >= 0.6 is 0 Å². The Bertz CT molecular complexity index is 1020. The van der Waals surface area contributed by atoms with E-state index in [0.29, 0.717) is 5.92 Å². The molecular formula is C32H52O6. The van der Waals surface area contributed by atoms with Crippen molar-refractivity contribution in [2.24, 2.45) is 44.8 Å². The molecule has 0 aromatic rings. The van der Waals surface area contributed by atoms with Crippen molar-refractivity contribution in [2.45, 2.75) is 149 Å². The third kappa shape index (κ3) is 3.18. The standard InChI is InChI=1S/C32H52O6/c1-18(33)37-22-10-12-32-17-31(32)14-13-28(6)25(30(8)11-9-23(38-30)27(4,5)36)20(35)16-29(28,7)21(31)15-19(34)24(32)26(22,2)3/h19-25,34-36H,9-17H2,1-8H3/t19-,20-,21-,22-,23-,24-,25-,28+,29-,30+,31-,32+/m0/s1. The fourth-order valence-corrected chi connectivity index (χ4v) is 12.5. The number of fused-ring (bicyclic) bond motifs is 2. The first-order valence-electron chi connectivity index (χ1n) is 15.3. The van der Waals surface area contributed by atoms with E-state index in [4.69, 9.17) is 9.47 Å². The van der Waals surface area contributed by atoms with Crippen molar-refractivity contribution in [2.75, 3.05) is 0 Å². The van der Waals surface area contributed by atoms with Gasteiger partial charge in [0.25, 0.3) is 0 Å². The van der Waals surface area contributed by atoms with Crippen LogP contribution < -0.4 is 0 Å². The van der Waals surface area contributed by atoms with Crippen LogP contribution in [0.1, 0.15) is 113 Å². The van der Waals surface area contributed by atoms with Crippen LogP contribution in [0.3, 0.4) is 0 Å². The smallest absolute Gasteiger partial charge is 0.302 e. The molecule has 216 valence electrons.